The van der Waals surface area contributed by atoms with Gasteiger partial charge in [-0.3, -0.25) is 0 Å². The second kappa shape index (κ2) is 10.5. The zero-order valence-electron chi connectivity index (χ0n) is 11.0. The number of rotatable bonds is 9. The van der Waals surface area contributed by atoms with E-state index in [4.69, 9.17) is 0 Å². The van der Waals surface area contributed by atoms with E-state index in [0.29, 0.717) is 0 Å². The first-order chi connectivity index (χ1) is 7.93. The van der Waals surface area contributed by atoms with Crippen molar-refractivity contribution in [3.8, 4) is 0 Å². The molecular formula is C14H29NS. The highest BCUT2D eigenvalue weighted by atomic mass is 32.2. The van der Waals surface area contributed by atoms with E-state index in [1.165, 1.54) is 76.6 Å². The third-order valence-corrected chi connectivity index (χ3v) is 4.35. The van der Waals surface area contributed by atoms with Gasteiger partial charge in [0, 0.05) is 0 Å². The van der Waals surface area contributed by atoms with Crippen molar-refractivity contribution in [3.63, 3.8) is 0 Å². The quantitative estimate of drug-likeness (QED) is 0.612. The van der Waals surface area contributed by atoms with E-state index in [0.717, 1.165) is 5.92 Å². The van der Waals surface area contributed by atoms with E-state index >= 15 is 0 Å². The highest BCUT2D eigenvalue weighted by molar-refractivity contribution is 7.98. The molecule has 0 bridgehead atoms. The van der Waals surface area contributed by atoms with Crippen LogP contribution in [0.25, 0.3) is 0 Å². The van der Waals surface area contributed by atoms with Crippen molar-refractivity contribution in [1.82, 2.24) is 5.32 Å². The molecule has 2 heteroatoms. The molecule has 1 nitrogen and oxygen atoms in total. The molecule has 0 radical (unpaired) electrons. The summed E-state index contributed by atoms with van der Waals surface area (Å²) >= 11 is 1.97. The first kappa shape index (κ1) is 14.4. The van der Waals surface area contributed by atoms with Crippen LogP contribution in [0.4, 0.5) is 0 Å². The molecule has 16 heavy (non-hydrogen) atoms. The first-order valence-electron chi connectivity index (χ1n) is 7.13. The van der Waals surface area contributed by atoms with E-state index in [1.807, 2.05) is 11.8 Å². The molecular weight excluding hydrogens is 214 g/mol. The van der Waals surface area contributed by atoms with Gasteiger partial charge in [0.25, 0.3) is 0 Å². The Labute approximate surface area is 106 Å². The molecule has 0 heterocycles. The van der Waals surface area contributed by atoms with Gasteiger partial charge in [-0.1, -0.05) is 38.5 Å². The van der Waals surface area contributed by atoms with Crippen LogP contribution in [0, 0.1) is 5.92 Å². The Morgan fingerprint density at radius 2 is 1.81 bits per heavy atom. The van der Waals surface area contributed by atoms with Crippen LogP contribution in [0.15, 0.2) is 0 Å². The van der Waals surface area contributed by atoms with Gasteiger partial charge in [0.05, 0.1) is 0 Å². The Morgan fingerprint density at radius 1 is 1.00 bits per heavy atom. The highest BCUT2D eigenvalue weighted by Crippen LogP contribution is 2.25. The van der Waals surface area contributed by atoms with Crippen molar-refractivity contribution < 1.29 is 0 Å². The monoisotopic (exact) mass is 243 g/mol. The van der Waals surface area contributed by atoms with E-state index < -0.39 is 0 Å². The lowest BCUT2D eigenvalue weighted by Crippen LogP contribution is -2.20. The molecule has 0 saturated heterocycles. The Bertz CT molecular complexity index is 144. The number of hydrogen-bond donors (Lipinski definition) is 1. The van der Waals surface area contributed by atoms with Crippen molar-refractivity contribution in [2.45, 2.75) is 57.8 Å². The largest absolute Gasteiger partial charge is 0.317 e. The minimum Gasteiger partial charge on any atom is -0.317 e. The molecule has 1 saturated carbocycles. The van der Waals surface area contributed by atoms with Crippen LogP contribution in [0.2, 0.25) is 0 Å². The molecule has 0 aromatic rings. The van der Waals surface area contributed by atoms with Crippen molar-refractivity contribution in [2.75, 3.05) is 25.1 Å². The molecule has 96 valence electrons. The maximum Gasteiger partial charge on any atom is -0.00463 e. The lowest BCUT2D eigenvalue weighted by atomic mass is 9.87. The summed E-state index contributed by atoms with van der Waals surface area (Å²) in [5.41, 5.74) is 0. The second-order valence-corrected chi connectivity index (χ2v) is 6.08. The van der Waals surface area contributed by atoms with Crippen LogP contribution in [-0.4, -0.2) is 25.1 Å². The summed E-state index contributed by atoms with van der Waals surface area (Å²) in [7, 11) is 0. The molecule has 1 rings (SSSR count). The average Bonchev–Trinajstić information content (AvgIpc) is 2.34. The van der Waals surface area contributed by atoms with Gasteiger partial charge in [0.2, 0.25) is 0 Å². The number of thioether (sulfide) groups is 1. The van der Waals surface area contributed by atoms with Crippen molar-refractivity contribution in [2.24, 2.45) is 5.92 Å². The second-order valence-electron chi connectivity index (χ2n) is 5.10. The SMILES string of the molecule is CSCCCCCNCCC1CCCCC1. The normalized spacial score (nSPS) is 17.8. The zero-order valence-corrected chi connectivity index (χ0v) is 11.8. The van der Waals surface area contributed by atoms with Crippen LogP contribution >= 0.6 is 11.8 Å². The maximum absolute atomic E-state index is 3.60. The molecule has 1 N–H and O–H groups in total. The average molecular weight is 243 g/mol. The van der Waals surface area contributed by atoms with Gasteiger partial charge in [-0.15, -0.1) is 0 Å². The number of unbranched alkanes of at least 4 members (excludes halogenated alkanes) is 2. The molecule has 1 fully saturated rings. The predicted molar refractivity (Wildman–Crippen MR) is 76.3 cm³/mol. The lowest BCUT2D eigenvalue weighted by Gasteiger charge is -2.21. The standard InChI is InChI=1S/C14H29NS/c1-16-13-7-3-6-11-15-12-10-14-8-4-2-5-9-14/h14-15H,2-13H2,1H3. The number of nitrogens with one attached hydrogen (secondary N) is 1. The van der Waals surface area contributed by atoms with Crippen molar-refractivity contribution in [1.29, 1.82) is 0 Å². The van der Waals surface area contributed by atoms with Crippen LogP contribution in [0.5, 0.6) is 0 Å². The van der Waals surface area contributed by atoms with Gasteiger partial charge in [-0.25, -0.2) is 0 Å². The third kappa shape index (κ3) is 7.56. The Hall–Kier alpha value is 0.310. The highest BCUT2D eigenvalue weighted by Gasteiger charge is 2.12. The molecule has 0 aromatic heterocycles. The molecule has 0 aliphatic heterocycles. The molecule has 0 aromatic carbocycles. The molecule has 1 aliphatic carbocycles. The summed E-state index contributed by atoms with van der Waals surface area (Å²) in [6, 6.07) is 0. The van der Waals surface area contributed by atoms with Crippen LogP contribution in [-0.2, 0) is 0 Å². The fourth-order valence-corrected chi connectivity index (χ4v) is 3.07. The maximum atomic E-state index is 3.60. The topological polar surface area (TPSA) is 12.0 Å². The Balaban J connectivity index is 1.77. The zero-order chi connectivity index (χ0) is 11.5. The Morgan fingerprint density at radius 3 is 2.56 bits per heavy atom. The van der Waals surface area contributed by atoms with E-state index in [1.54, 1.807) is 0 Å². The first-order valence-corrected chi connectivity index (χ1v) is 8.52. The van der Waals surface area contributed by atoms with Gasteiger partial charge >= 0.3 is 0 Å². The Kier molecular flexibility index (Phi) is 9.40. The fraction of sp³-hybridized carbons (Fsp3) is 1.00. The summed E-state index contributed by atoms with van der Waals surface area (Å²) in [5, 5.41) is 3.60. The van der Waals surface area contributed by atoms with Crippen LogP contribution < -0.4 is 5.32 Å². The molecule has 0 atom stereocenters. The smallest absolute Gasteiger partial charge is 0.00463 e. The lowest BCUT2D eigenvalue weighted by molar-refractivity contribution is 0.334. The molecule has 0 unspecified atom stereocenters. The summed E-state index contributed by atoms with van der Waals surface area (Å²) in [6.45, 7) is 2.49. The van der Waals surface area contributed by atoms with E-state index in [2.05, 4.69) is 11.6 Å². The van der Waals surface area contributed by atoms with Crippen LogP contribution in [0.1, 0.15) is 57.8 Å². The molecule has 0 spiro atoms. The minimum atomic E-state index is 1.04. The van der Waals surface area contributed by atoms with E-state index in [9.17, 15) is 0 Å². The van der Waals surface area contributed by atoms with Crippen LogP contribution in [0.3, 0.4) is 0 Å². The van der Waals surface area contributed by atoms with Gasteiger partial charge in [0.1, 0.15) is 0 Å². The van der Waals surface area contributed by atoms with Gasteiger partial charge in [-0.2, -0.15) is 11.8 Å². The summed E-state index contributed by atoms with van der Waals surface area (Å²) in [4.78, 5) is 0. The predicted octanol–water partition coefficient (Wildman–Crippen LogP) is 4.08. The molecule has 1 aliphatic rings. The summed E-state index contributed by atoms with van der Waals surface area (Å²) in [5.74, 6) is 2.37. The minimum absolute atomic E-state index is 1.04. The van der Waals surface area contributed by atoms with Crippen molar-refractivity contribution >= 4 is 11.8 Å². The summed E-state index contributed by atoms with van der Waals surface area (Å²) in [6.07, 6.45) is 15.2. The van der Waals surface area contributed by atoms with Gasteiger partial charge < -0.3 is 5.32 Å². The third-order valence-electron chi connectivity index (χ3n) is 3.66. The summed E-state index contributed by atoms with van der Waals surface area (Å²) < 4.78 is 0. The number of hydrogen-bond acceptors (Lipinski definition) is 2. The van der Waals surface area contributed by atoms with Crippen molar-refractivity contribution in [3.05, 3.63) is 0 Å². The van der Waals surface area contributed by atoms with Gasteiger partial charge in [-0.05, 0) is 50.3 Å². The molecule has 0 amide bonds. The van der Waals surface area contributed by atoms with Gasteiger partial charge in [0.15, 0.2) is 0 Å². The van der Waals surface area contributed by atoms with E-state index in [-0.39, 0.29) is 0 Å². The fourth-order valence-electron chi connectivity index (χ4n) is 2.58.